The first-order valence-electron chi connectivity index (χ1n) is 6.46. The molecule has 0 bridgehead atoms. The molecular formula is C13H21NO5. The zero-order valence-corrected chi connectivity index (χ0v) is 11.6. The maximum absolute atomic E-state index is 11.8. The number of carbonyl (C=O) groups is 3. The molecule has 2 N–H and O–H groups in total. The monoisotopic (exact) mass is 271 g/mol. The highest BCUT2D eigenvalue weighted by molar-refractivity contribution is 5.90. The van der Waals surface area contributed by atoms with Gasteiger partial charge in [-0.2, -0.15) is 0 Å². The third kappa shape index (κ3) is 4.89. The Hall–Kier alpha value is -1.59. The largest absolute Gasteiger partial charge is 0.480 e. The van der Waals surface area contributed by atoms with Crippen LogP contribution in [0.1, 0.15) is 46.5 Å². The summed E-state index contributed by atoms with van der Waals surface area (Å²) >= 11 is 0. The quantitative estimate of drug-likeness (QED) is 0.815. The fourth-order valence-electron chi connectivity index (χ4n) is 2.13. The minimum absolute atomic E-state index is 0.102. The Bertz CT molecular complexity index is 372. The van der Waals surface area contributed by atoms with E-state index in [1.165, 1.54) is 0 Å². The number of rotatable bonds is 3. The van der Waals surface area contributed by atoms with Gasteiger partial charge in [0.25, 0.3) is 0 Å². The fourth-order valence-corrected chi connectivity index (χ4v) is 2.13. The standard InChI is InChI=1S/C13H21NO5/c1-13(2,3)19-12(18)14-10(11(16)17)8-6-4-5-7-9(8)15/h8,10H,4-7H2,1-3H3,(H,14,18)(H,16,17)/t8?,10-/m1/s1. The molecule has 0 aromatic carbocycles. The molecule has 0 saturated heterocycles. The van der Waals surface area contributed by atoms with Crippen LogP contribution in [0.15, 0.2) is 0 Å². The molecule has 0 aromatic rings. The summed E-state index contributed by atoms with van der Waals surface area (Å²) in [6, 6.07) is -1.21. The Labute approximate surface area is 112 Å². The maximum Gasteiger partial charge on any atom is 0.408 e. The first kappa shape index (κ1) is 15.5. The lowest BCUT2D eigenvalue weighted by Crippen LogP contribution is -2.50. The van der Waals surface area contributed by atoms with Crippen molar-refractivity contribution in [2.45, 2.75) is 58.1 Å². The molecule has 1 aliphatic carbocycles. The van der Waals surface area contributed by atoms with Crippen LogP contribution >= 0.6 is 0 Å². The number of hydrogen-bond acceptors (Lipinski definition) is 4. The van der Waals surface area contributed by atoms with Crippen molar-refractivity contribution in [3.8, 4) is 0 Å². The van der Waals surface area contributed by atoms with Crippen LogP contribution in [-0.2, 0) is 14.3 Å². The third-order valence-corrected chi connectivity index (χ3v) is 2.94. The molecule has 0 heterocycles. The van der Waals surface area contributed by atoms with Crippen molar-refractivity contribution in [1.29, 1.82) is 0 Å². The van der Waals surface area contributed by atoms with Gasteiger partial charge < -0.3 is 15.2 Å². The maximum atomic E-state index is 11.8. The van der Waals surface area contributed by atoms with E-state index in [1.807, 2.05) is 0 Å². The van der Waals surface area contributed by atoms with E-state index >= 15 is 0 Å². The smallest absolute Gasteiger partial charge is 0.408 e. The second-order valence-electron chi connectivity index (χ2n) is 5.78. The van der Waals surface area contributed by atoms with E-state index in [0.717, 1.165) is 12.8 Å². The molecule has 1 unspecified atom stereocenters. The number of alkyl carbamates (subject to hydrolysis) is 1. The van der Waals surface area contributed by atoms with Gasteiger partial charge in [0.1, 0.15) is 17.4 Å². The Kier molecular flexibility index (Phi) is 4.91. The highest BCUT2D eigenvalue weighted by Crippen LogP contribution is 2.24. The summed E-state index contributed by atoms with van der Waals surface area (Å²) in [6.45, 7) is 5.07. The van der Waals surface area contributed by atoms with Gasteiger partial charge in [0, 0.05) is 12.3 Å². The van der Waals surface area contributed by atoms with Crippen LogP contribution in [0.4, 0.5) is 4.79 Å². The summed E-state index contributed by atoms with van der Waals surface area (Å²) in [4.78, 5) is 34.6. The molecule has 6 nitrogen and oxygen atoms in total. The van der Waals surface area contributed by atoms with E-state index in [0.29, 0.717) is 12.8 Å². The summed E-state index contributed by atoms with van der Waals surface area (Å²) in [5.41, 5.74) is -0.705. The highest BCUT2D eigenvalue weighted by Gasteiger charge is 2.36. The zero-order valence-electron chi connectivity index (χ0n) is 11.6. The molecule has 0 radical (unpaired) electrons. The number of amides is 1. The van der Waals surface area contributed by atoms with E-state index in [4.69, 9.17) is 9.84 Å². The van der Waals surface area contributed by atoms with Crippen LogP contribution in [0.2, 0.25) is 0 Å². The molecule has 1 saturated carbocycles. The summed E-state index contributed by atoms with van der Waals surface area (Å²) in [6.07, 6.45) is 1.65. The van der Waals surface area contributed by atoms with Crippen molar-refractivity contribution in [2.24, 2.45) is 5.92 Å². The van der Waals surface area contributed by atoms with Crippen LogP contribution < -0.4 is 5.32 Å². The molecule has 108 valence electrons. The minimum atomic E-state index is -1.21. The molecule has 1 rings (SSSR count). The van der Waals surface area contributed by atoms with E-state index in [-0.39, 0.29) is 5.78 Å². The second kappa shape index (κ2) is 6.04. The molecule has 1 aliphatic rings. The molecule has 1 fully saturated rings. The number of nitrogens with one attached hydrogen (secondary N) is 1. The van der Waals surface area contributed by atoms with Gasteiger partial charge in [0.15, 0.2) is 0 Å². The first-order valence-corrected chi connectivity index (χ1v) is 6.46. The lowest BCUT2D eigenvalue weighted by atomic mass is 9.83. The molecule has 1 amide bonds. The van der Waals surface area contributed by atoms with Gasteiger partial charge in [-0.15, -0.1) is 0 Å². The predicted molar refractivity (Wildman–Crippen MR) is 67.8 cm³/mol. The van der Waals surface area contributed by atoms with Crippen molar-refractivity contribution in [1.82, 2.24) is 5.32 Å². The van der Waals surface area contributed by atoms with Crippen molar-refractivity contribution in [2.75, 3.05) is 0 Å². The minimum Gasteiger partial charge on any atom is -0.480 e. The topological polar surface area (TPSA) is 92.7 Å². The molecule has 6 heteroatoms. The highest BCUT2D eigenvalue weighted by atomic mass is 16.6. The van der Waals surface area contributed by atoms with E-state index in [9.17, 15) is 14.4 Å². The average molecular weight is 271 g/mol. The average Bonchev–Trinajstić information content (AvgIpc) is 2.24. The van der Waals surface area contributed by atoms with Gasteiger partial charge in [-0.1, -0.05) is 6.42 Å². The lowest BCUT2D eigenvalue weighted by molar-refractivity contribution is -0.144. The Balaban J connectivity index is 2.70. The summed E-state index contributed by atoms with van der Waals surface area (Å²) in [5.74, 6) is -1.96. The Morgan fingerprint density at radius 3 is 2.47 bits per heavy atom. The fraction of sp³-hybridized carbons (Fsp3) is 0.769. The van der Waals surface area contributed by atoms with Crippen molar-refractivity contribution in [3.05, 3.63) is 0 Å². The van der Waals surface area contributed by atoms with Gasteiger partial charge in [-0.3, -0.25) is 4.79 Å². The van der Waals surface area contributed by atoms with Gasteiger partial charge in [0.2, 0.25) is 0 Å². The van der Waals surface area contributed by atoms with Crippen LogP contribution in [0.3, 0.4) is 0 Å². The van der Waals surface area contributed by atoms with E-state index < -0.39 is 29.6 Å². The SMILES string of the molecule is CC(C)(C)OC(=O)N[C@@H](C(=O)O)C1CCCCC1=O. The van der Waals surface area contributed by atoms with Gasteiger partial charge >= 0.3 is 12.1 Å². The zero-order chi connectivity index (χ0) is 14.6. The summed E-state index contributed by atoms with van der Waals surface area (Å²) in [5, 5.41) is 11.5. The number of carboxylic acids is 1. The van der Waals surface area contributed by atoms with Crippen molar-refractivity contribution >= 4 is 17.8 Å². The summed E-state index contributed by atoms with van der Waals surface area (Å²) in [7, 11) is 0. The molecular weight excluding hydrogens is 250 g/mol. The molecule has 0 aromatic heterocycles. The number of carbonyl (C=O) groups excluding carboxylic acids is 2. The predicted octanol–water partition coefficient (Wildman–Crippen LogP) is 1.72. The number of hydrogen-bond donors (Lipinski definition) is 2. The van der Waals surface area contributed by atoms with Gasteiger partial charge in [-0.25, -0.2) is 9.59 Å². The lowest BCUT2D eigenvalue weighted by Gasteiger charge is -2.28. The van der Waals surface area contributed by atoms with Crippen LogP contribution in [-0.4, -0.2) is 34.6 Å². The number of Topliss-reactive ketones (excluding diaryl/α,β-unsaturated/α-hetero) is 1. The molecule has 0 spiro atoms. The van der Waals surface area contributed by atoms with Crippen molar-refractivity contribution < 1.29 is 24.2 Å². The van der Waals surface area contributed by atoms with Crippen molar-refractivity contribution in [3.63, 3.8) is 0 Å². The van der Waals surface area contributed by atoms with Crippen LogP contribution in [0, 0.1) is 5.92 Å². The number of carboxylic acid groups (broad SMARTS) is 1. The first-order chi connectivity index (χ1) is 8.70. The Morgan fingerprint density at radius 1 is 1.37 bits per heavy atom. The number of ketones is 1. The van der Waals surface area contributed by atoms with Gasteiger partial charge in [-0.05, 0) is 33.6 Å². The summed E-state index contributed by atoms with van der Waals surface area (Å²) < 4.78 is 5.02. The Morgan fingerprint density at radius 2 is 2.00 bits per heavy atom. The van der Waals surface area contributed by atoms with Gasteiger partial charge in [0.05, 0.1) is 0 Å². The number of ether oxygens (including phenoxy) is 1. The molecule has 0 aliphatic heterocycles. The van der Waals surface area contributed by atoms with Crippen LogP contribution in [0.5, 0.6) is 0 Å². The molecule has 19 heavy (non-hydrogen) atoms. The van der Waals surface area contributed by atoms with Crippen LogP contribution in [0.25, 0.3) is 0 Å². The normalized spacial score (nSPS) is 21.6. The molecule has 2 atom stereocenters. The van der Waals surface area contributed by atoms with E-state index in [2.05, 4.69) is 5.32 Å². The number of aliphatic carboxylic acids is 1. The second-order valence-corrected chi connectivity index (χ2v) is 5.78. The third-order valence-electron chi connectivity index (χ3n) is 2.94. The van der Waals surface area contributed by atoms with E-state index in [1.54, 1.807) is 20.8 Å².